The molecule has 0 radical (unpaired) electrons. The van der Waals surface area contributed by atoms with E-state index in [-0.39, 0.29) is 17.5 Å². The average molecular weight is 258 g/mol. The van der Waals surface area contributed by atoms with Gasteiger partial charge in [0.2, 0.25) is 0 Å². The molecule has 102 valence electrons. The fourth-order valence-electron chi connectivity index (χ4n) is 2.50. The SMILES string of the molecule is C=C[C@H](CCCc1ccccc1)C(C(C)=O)C(C)=O. The molecule has 0 aliphatic heterocycles. The molecule has 19 heavy (non-hydrogen) atoms. The zero-order valence-electron chi connectivity index (χ0n) is 11.8. The maximum absolute atomic E-state index is 11.6. The van der Waals surface area contributed by atoms with Gasteiger partial charge in [0.15, 0.2) is 0 Å². The quantitative estimate of drug-likeness (QED) is 0.527. The van der Waals surface area contributed by atoms with Crippen molar-refractivity contribution in [3.05, 3.63) is 48.6 Å². The van der Waals surface area contributed by atoms with Gasteiger partial charge < -0.3 is 0 Å². The van der Waals surface area contributed by atoms with E-state index in [1.165, 1.54) is 19.4 Å². The smallest absolute Gasteiger partial charge is 0.140 e. The molecule has 0 saturated carbocycles. The van der Waals surface area contributed by atoms with Crippen LogP contribution in [0.5, 0.6) is 0 Å². The zero-order valence-corrected chi connectivity index (χ0v) is 11.8. The van der Waals surface area contributed by atoms with Crippen LogP contribution in [0, 0.1) is 11.8 Å². The summed E-state index contributed by atoms with van der Waals surface area (Å²) >= 11 is 0. The fraction of sp³-hybridized carbons (Fsp3) is 0.412. The van der Waals surface area contributed by atoms with E-state index >= 15 is 0 Å². The number of hydrogen-bond acceptors (Lipinski definition) is 2. The van der Waals surface area contributed by atoms with Crippen LogP contribution in [0.25, 0.3) is 0 Å². The highest BCUT2D eigenvalue weighted by atomic mass is 16.1. The zero-order chi connectivity index (χ0) is 14.3. The predicted molar refractivity (Wildman–Crippen MR) is 77.9 cm³/mol. The third-order valence-electron chi connectivity index (χ3n) is 3.45. The Hall–Kier alpha value is -1.70. The number of aryl methyl sites for hydroxylation is 1. The molecule has 1 aromatic rings. The summed E-state index contributed by atoms with van der Waals surface area (Å²) < 4.78 is 0. The number of carbonyl (C=O) groups excluding carboxylic acids is 2. The Morgan fingerprint density at radius 1 is 1.16 bits per heavy atom. The molecule has 0 bridgehead atoms. The molecule has 0 saturated heterocycles. The Labute approximate surface area is 115 Å². The first-order valence-corrected chi connectivity index (χ1v) is 6.73. The summed E-state index contributed by atoms with van der Waals surface area (Å²) in [4.78, 5) is 23.1. The summed E-state index contributed by atoms with van der Waals surface area (Å²) in [5.74, 6) is -0.679. The van der Waals surface area contributed by atoms with Gasteiger partial charge in [-0.3, -0.25) is 9.59 Å². The van der Waals surface area contributed by atoms with Crippen molar-refractivity contribution in [1.29, 1.82) is 0 Å². The van der Waals surface area contributed by atoms with Crippen molar-refractivity contribution in [3.63, 3.8) is 0 Å². The summed E-state index contributed by atoms with van der Waals surface area (Å²) in [7, 11) is 0. The lowest BCUT2D eigenvalue weighted by Crippen LogP contribution is -2.27. The molecule has 0 N–H and O–H groups in total. The van der Waals surface area contributed by atoms with Gasteiger partial charge in [-0.2, -0.15) is 0 Å². The minimum atomic E-state index is -0.520. The van der Waals surface area contributed by atoms with Crippen molar-refractivity contribution < 1.29 is 9.59 Å². The Morgan fingerprint density at radius 3 is 2.21 bits per heavy atom. The molecule has 0 spiro atoms. The predicted octanol–water partition coefficient (Wildman–Crippen LogP) is 3.61. The van der Waals surface area contributed by atoms with E-state index in [0.717, 1.165) is 19.3 Å². The van der Waals surface area contributed by atoms with Crippen molar-refractivity contribution >= 4 is 11.6 Å². The maximum Gasteiger partial charge on any atom is 0.140 e. The van der Waals surface area contributed by atoms with Gasteiger partial charge in [0.25, 0.3) is 0 Å². The maximum atomic E-state index is 11.6. The molecule has 0 amide bonds. The Bertz CT molecular complexity index is 420. The second-order valence-electron chi connectivity index (χ2n) is 4.98. The highest BCUT2D eigenvalue weighted by Gasteiger charge is 2.26. The average Bonchev–Trinajstić information content (AvgIpc) is 2.37. The van der Waals surface area contributed by atoms with Gasteiger partial charge in [0, 0.05) is 0 Å². The number of ketones is 2. The molecular formula is C17H22O2. The van der Waals surface area contributed by atoms with Crippen LogP contribution < -0.4 is 0 Å². The topological polar surface area (TPSA) is 34.1 Å². The molecule has 2 nitrogen and oxygen atoms in total. The van der Waals surface area contributed by atoms with Gasteiger partial charge in [-0.1, -0.05) is 36.4 Å². The number of carbonyl (C=O) groups is 2. The number of allylic oxidation sites excluding steroid dienone is 1. The van der Waals surface area contributed by atoms with Crippen LogP contribution in [0.15, 0.2) is 43.0 Å². The Kier molecular flexibility index (Phi) is 6.20. The normalized spacial score (nSPS) is 12.2. The third-order valence-corrected chi connectivity index (χ3v) is 3.45. The molecule has 0 heterocycles. The molecule has 1 rings (SSSR count). The number of hydrogen-bond donors (Lipinski definition) is 0. The van der Waals surface area contributed by atoms with Gasteiger partial charge in [-0.05, 0) is 44.6 Å². The lowest BCUT2D eigenvalue weighted by atomic mass is 9.82. The first kappa shape index (κ1) is 15.4. The first-order valence-electron chi connectivity index (χ1n) is 6.73. The van der Waals surface area contributed by atoms with Crippen LogP contribution in [0.2, 0.25) is 0 Å². The van der Waals surface area contributed by atoms with Crippen LogP contribution >= 0.6 is 0 Å². The molecule has 0 aliphatic rings. The Morgan fingerprint density at radius 2 is 1.74 bits per heavy atom. The minimum Gasteiger partial charge on any atom is -0.299 e. The van der Waals surface area contributed by atoms with Crippen molar-refractivity contribution in [2.45, 2.75) is 33.1 Å². The molecule has 0 unspecified atom stereocenters. The van der Waals surface area contributed by atoms with E-state index in [1.54, 1.807) is 6.08 Å². The van der Waals surface area contributed by atoms with Crippen LogP contribution in [0.4, 0.5) is 0 Å². The number of Topliss-reactive ketones (excluding diaryl/α,β-unsaturated/α-hetero) is 2. The van der Waals surface area contributed by atoms with Crippen LogP contribution in [-0.2, 0) is 16.0 Å². The van der Waals surface area contributed by atoms with Gasteiger partial charge in [-0.15, -0.1) is 6.58 Å². The lowest BCUT2D eigenvalue weighted by Gasteiger charge is -2.19. The second kappa shape index (κ2) is 7.67. The van der Waals surface area contributed by atoms with E-state index in [0.29, 0.717) is 0 Å². The van der Waals surface area contributed by atoms with Gasteiger partial charge in [0.05, 0.1) is 5.92 Å². The fourth-order valence-corrected chi connectivity index (χ4v) is 2.50. The largest absolute Gasteiger partial charge is 0.299 e. The molecule has 1 aromatic carbocycles. The van der Waals surface area contributed by atoms with E-state index < -0.39 is 5.92 Å². The van der Waals surface area contributed by atoms with E-state index in [4.69, 9.17) is 0 Å². The summed E-state index contributed by atoms with van der Waals surface area (Å²) in [6.07, 6.45) is 4.49. The highest BCUT2D eigenvalue weighted by molar-refractivity contribution is 6.00. The number of rotatable bonds is 8. The van der Waals surface area contributed by atoms with Crippen molar-refractivity contribution in [3.8, 4) is 0 Å². The molecule has 0 aromatic heterocycles. The summed E-state index contributed by atoms with van der Waals surface area (Å²) in [5, 5.41) is 0. The van der Waals surface area contributed by atoms with E-state index in [1.807, 2.05) is 18.2 Å². The van der Waals surface area contributed by atoms with Crippen LogP contribution in [-0.4, -0.2) is 11.6 Å². The second-order valence-corrected chi connectivity index (χ2v) is 4.98. The summed E-state index contributed by atoms with van der Waals surface area (Å²) in [6, 6.07) is 10.2. The van der Waals surface area contributed by atoms with Crippen molar-refractivity contribution in [1.82, 2.24) is 0 Å². The molecular weight excluding hydrogens is 236 g/mol. The van der Waals surface area contributed by atoms with Crippen molar-refractivity contribution in [2.75, 3.05) is 0 Å². The third kappa shape index (κ3) is 4.82. The van der Waals surface area contributed by atoms with Gasteiger partial charge in [-0.25, -0.2) is 0 Å². The molecule has 0 fully saturated rings. The summed E-state index contributed by atoms with van der Waals surface area (Å²) in [6.45, 7) is 6.74. The highest BCUT2D eigenvalue weighted by Crippen LogP contribution is 2.22. The first-order chi connectivity index (χ1) is 9.06. The Balaban J connectivity index is 2.55. The monoisotopic (exact) mass is 258 g/mol. The lowest BCUT2D eigenvalue weighted by molar-refractivity contribution is -0.132. The standard InChI is InChI=1S/C17H22O2/c1-4-16(17(13(2)18)14(3)19)12-8-11-15-9-6-5-7-10-15/h4-7,9-10,16-17H,1,8,11-12H2,2-3H3/t16-/m1/s1. The molecule has 0 aliphatic carbocycles. The van der Waals surface area contributed by atoms with E-state index in [9.17, 15) is 9.59 Å². The molecule has 1 atom stereocenters. The van der Waals surface area contributed by atoms with Crippen LogP contribution in [0.1, 0.15) is 32.3 Å². The van der Waals surface area contributed by atoms with Crippen molar-refractivity contribution in [2.24, 2.45) is 11.8 Å². The van der Waals surface area contributed by atoms with E-state index in [2.05, 4.69) is 18.7 Å². The molecule has 2 heteroatoms. The van der Waals surface area contributed by atoms with Gasteiger partial charge in [0.1, 0.15) is 11.6 Å². The minimum absolute atomic E-state index is 0.0429. The van der Waals surface area contributed by atoms with Gasteiger partial charge >= 0.3 is 0 Å². The van der Waals surface area contributed by atoms with Crippen LogP contribution in [0.3, 0.4) is 0 Å². The summed E-state index contributed by atoms with van der Waals surface area (Å²) in [5.41, 5.74) is 1.28. The number of benzene rings is 1.